The quantitative estimate of drug-likeness (QED) is 0.729. The number of carboxylic acid groups (broad SMARTS) is 1. The van der Waals surface area contributed by atoms with E-state index in [4.69, 9.17) is 5.11 Å². The van der Waals surface area contributed by atoms with Gasteiger partial charge < -0.3 is 10.4 Å². The summed E-state index contributed by atoms with van der Waals surface area (Å²) in [5.74, 6) is -0.467. The smallest absolute Gasteiger partial charge is 0.338 e. The molecule has 0 bridgehead atoms. The van der Waals surface area contributed by atoms with Crippen molar-refractivity contribution >= 4 is 29.3 Å². The Morgan fingerprint density at radius 3 is 2.54 bits per heavy atom. The molecule has 0 saturated heterocycles. The molecule has 2 aromatic rings. The highest BCUT2D eigenvalue weighted by Crippen LogP contribution is 2.33. The van der Waals surface area contributed by atoms with Gasteiger partial charge in [-0.3, -0.25) is 4.79 Å². The number of rotatable bonds is 6. The van der Waals surface area contributed by atoms with Gasteiger partial charge in [0.25, 0.3) is 0 Å². The van der Waals surface area contributed by atoms with Crippen molar-refractivity contribution in [3.05, 3.63) is 53.7 Å². The van der Waals surface area contributed by atoms with Gasteiger partial charge >= 0.3 is 5.97 Å². The molecule has 6 heteroatoms. The summed E-state index contributed by atoms with van der Waals surface area (Å²) in [5, 5.41) is 12.4. The van der Waals surface area contributed by atoms with E-state index in [2.05, 4.69) is 22.4 Å². The van der Waals surface area contributed by atoms with E-state index in [1.807, 2.05) is 12.1 Å². The van der Waals surface area contributed by atoms with E-state index in [1.54, 1.807) is 6.07 Å². The first-order valence-corrected chi connectivity index (χ1v) is 9.83. The van der Waals surface area contributed by atoms with Crippen LogP contribution >= 0.6 is 11.8 Å². The van der Waals surface area contributed by atoms with Crippen LogP contribution < -0.4 is 5.32 Å². The summed E-state index contributed by atoms with van der Waals surface area (Å²) < 4.78 is 0. The number of thioether (sulfide) groups is 1. The highest BCUT2D eigenvalue weighted by Gasteiger charge is 2.16. The second kappa shape index (κ2) is 8.85. The minimum Gasteiger partial charge on any atom is -0.478 e. The largest absolute Gasteiger partial charge is 0.478 e. The Kier molecular flexibility index (Phi) is 6.28. The number of nitrogens with one attached hydrogen (secondary N) is 1. The van der Waals surface area contributed by atoms with Gasteiger partial charge in [-0.15, -0.1) is 0 Å². The molecule has 136 valence electrons. The van der Waals surface area contributed by atoms with E-state index in [1.165, 1.54) is 49.9 Å². The van der Waals surface area contributed by atoms with Gasteiger partial charge in [-0.25, -0.2) is 9.78 Å². The van der Waals surface area contributed by atoms with E-state index < -0.39 is 5.97 Å². The van der Waals surface area contributed by atoms with Crippen LogP contribution in [0.4, 0.5) is 5.69 Å². The molecule has 3 rings (SSSR count). The summed E-state index contributed by atoms with van der Waals surface area (Å²) in [5.41, 5.74) is 2.22. The van der Waals surface area contributed by atoms with Crippen LogP contribution in [0.1, 0.15) is 53.9 Å². The van der Waals surface area contributed by atoms with Crippen LogP contribution in [-0.2, 0) is 4.79 Å². The van der Waals surface area contributed by atoms with Crippen LogP contribution in [0.15, 0.2) is 47.6 Å². The zero-order chi connectivity index (χ0) is 18.4. The summed E-state index contributed by atoms with van der Waals surface area (Å²) in [4.78, 5) is 27.4. The summed E-state index contributed by atoms with van der Waals surface area (Å²) in [7, 11) is 0. The van der Waals surface area contributed by atoms with E-state index in [-0.39, 0.29) is 17.2 Å². The minimum absolute atomic E-state index is 0.113. The number of carbonyl (C=O) groups excluding carboxylic acids is 1. The molecule has 1 amide bonds. The molecule has 0 radical (unpaired) electrons. The normalized spacial score (nSPS) is 14.8. The minimum atomic E-state index is -1.04. The highest BCUT2D eigenvalue weighted by atomic mass is 32.2. The average Bonchev–Trinajstić information content (AvgIpc) is 2.68. The molecular formula is C20H22N2O3S. The second-order valence-electron chi connectivity index (χ2n) is 6.46. The van der Waals surface area contributed by atoms with E-state index in [0.29, 0.717) is 10.9 Å². The lowest BCUT2D eigenvalue weighted by atomic mass is 9.84. The van der Waals surface area contributed by atoms with Gasteiger partial charge in [0.2, 0.25) is 5.91 Å². The third-order valence-electron chi connectivity index (χ3n) is 4.61. The monoisotopic (exact) mass is 370 g/mol. The number of pyridine rings is 1. The topological polar surface area (TPSA) is 79.3 Å². The first-order valence-electron chi connectivity index (χ1n) is 8.84. The molecule has 5 nitrogen and oxygen atoms in total. The van der Waals surface area contributed by atoms with Gasteiger partial charge in [-0.05, 0) is 48.6 Å². The van der Waals surface area contributed by atoms with Crippen molar-refractivity contribution < 1.29 is 14.7 Å². The lowest BCUT2D eigenvalue weighted by molar-refractivity contribution is -0.113. The number of carbonyl (C=O) groups is 2. The molecule has 1 aromatic heterocycles. The number of hydrogen-bond acceptors (Lipinski definition) is 4. The SMILES string of the molecule is O=C(CSc1ncccc1C(=O)O)Nc1ccc(C2CCCCC2)cc1. The van der Waals surface area contributed by atoms with Crippen LogP contribution in [0.25, 0.3) is 0 Å². The van der Waals surface area contributed by atoms with Crippen molar-refractivity contribution in [2.75, 3.05) is 11.1 Å². The maximum atomic E-state index is 12.1. The van der Waals surface area contributed by atoms with E-state index in [0.717, 1.165) is 17.4 Å². The predicted molar refractivity (Wildman–Crippen MR) is 103 cm³/mol. The molecule has 1 fully saturated rings. The predicted octanol–water partition coefficient (Wildman–Crippen LogP) is 4.56. The van der Waals surface area contributed by atoms with Gasteiger partial charge in [0.1, 0.15) is 5.03 Å². The fourth-order valence-corrected chi connectivity index (χ4v) is 4.06. The Bertz CT molecular complexity index is 771. The van der Waals surface area contributed by atoms with Crippen LogP contribution in [0.5, 0.6) is 0 Å². The molecule has 0 aliphatic heterocycles. The maximum absolute atomic E-state index is 12.1. The van der Waals surface area contributed by atoms with Crippen LogP contribution in [0.2, 0.25) is 0 Å². The third-order valence-corrected chi connectivity index (χ3v) is 5.62. The third kappa shape index (κ3) is 4.85. The lowest BCUT2D eigenvalue weighted by Crippen LogP contribution is -2.14. The summed E-state index contributed by atoms with van der Waals surface area (Å²) in [6.07, 6.45) is 7.95. The van der Waals surface area contributed by atoms with Crippen LogP contribution in [0, 0.1) is 0 Å². The summed E-state index contributed by atoms with van der Waals surface area (Å²) in [6, 6.07) is 11.1. The van der Waals surface area contributed by atoms with E-state index in [9.17, 15) is 9.59 Å². The maximum Gasteiger partial charge on any atom is 0.338 e. The fourth-order valence-electron chi connectivity index (χ4n) is 3.27. The Balaban J connectivity index is 1.54. The molecule has 1 saturated carbocycles. The number of nitrogens with zero attached hydrogens (tertiary/aromatic N) is 1. The summed E-state index contributed by atoms with van der Waals surface area (Å²) in [6.45, 7) is 0. The van der Waals surface area contributed by atoms with Gasteiger partial charge in [-0.2, -0.15) is 0 Å². The Morgan fingerprint density at radius 1 is 1.12 bits per heavy atom. The zero-order valence-electron chi connectivity index (χ0n) is 14.5. The van der Waals surface area contributed by atoms with Crippen LogP contribution in [-0.4, -0.2) is 27.7 Å². The van der Waals surface area contributed by atoms with Crippen molar-refractivity contribution in [2.45, 2.75) is 43.0 Å². The van der Waals surface area contributed by atoms with Gasteiger partial charge in [0.05, 0.1) is 11.3 Å². The van der Waals surface area contributed by atoms with E-state index >= 15 is 0 Å². The number of anilines is 1. The molecule has 0 atom stereocenters. The number of hydrogen-bond donors (Lipinski definition) is 2. The molecule has 1 aliphatic rings. The van der Waals surface area contributed by atoms with Gasteiger partial charge in [-0.1, -0.05) is 43.2 Å². The van der Waals surface area contributed by atoms with Gasteiger partial charge in [0.15, 0.2) is 0 Å². The Morgan fingerprint density at radius 2 is 1.85 bits per heavy atom. The summed E-state index contributed by atoms with van der Waals surface area (Å²) >= 11 is 1.12. The molecule has 1 heterocycles. The Hall–Kier alpha value is -2.34. The van der Waals surface area contributed by atoms with Crippen LogP contribution in [0.3, 0.4) is 0 Å². The first-order chi connectivity index (χ1) is 12.6. The van der Waals surface area contributed by atoms with Gasteiger partial charge in [0, 0.05) is 11.9 Å². The second-order valence-corrected chi connectivity index (χ2v) is 7.42. The zero-order valence-corrected chi connectivity index (χ0v) is 15.3. The number of benzene rings is 1. The number of aromatic carboxylic acids is 1. The highest BCUT2D eigenvalue weighted by molar-refractivity contribution is 8.00. The first kappa shape index (κ1) is 18.5. The average molecular weight is 370 g/mol. The molecule has 1 aromatic carbocycles. The number of aromatic nitrogens is 1. The number of amides is 1. The van der Waals surface area contributed by atoms with Crippen molar-refractivity contribution in [3.63, 3.8) is 0 Å². The molecule has 0 unspecified atom stereocenters. The lowest BCUT2D eigenvalue weighted by Gasteiger charge is -2.22. The fraction of sp³-hybridized carbons (Fsp3) is 0.350. The molecule has 26 heavy (non-hydrogen) atoms. The molecular weight excluding hydrogens is 348 g/mol. The van der Waals surface area contributed by atoms with Crippen molar-refractivity contribution in [1.29, 1.82) is 0 Å². The molecule has 2 N–H and O–H groups in total. The number of carboxylic acids is 1. The van der Waals surface area contributed by atoms with Crippen molar-refractivity contribution in [3.8, 4) is 0 Å². The standard InChI is InChI=1S/C20H22N2O3S/c23-18(13-26-19-17(20(24)25)7-4-12-21-19)22-16-10-8-15(9-11-16)14-5-2-1-3-6-14/h4,7-12,14H,1-3,5-6,13H2,(H,22,23)(H,24,25). The van der Waals surface area contributed by atoms with Crippen molar-refractivity contribution in [1.82, 2.24) is 4.98 Å². The Labute approximate surface area is 157 Å². The van der Waals surface area contributed by atoms with Crippen molar-refractivity contribution in [2.24, 2.45) is 0 Å². The molecule has 0 spiro atoms. The molecule has 1 aliphatic carbocycles.